The van der Waals surface area contributed by atoms with Gasteiger partial charge in [0.1, 0.15) is 17.8 Å². The van der Waals surface area contributed by atoms with Crippen LogP contribution in [0.4, 0.5) is 10.5 Å². The number of ether oxygens (including phenoxy) is 2. The van der Waals surface area contributed by atoms with E-state index in [1.165, 1.54) is 0 Å². The summed E-state index contributed by atoms with van der Waals surface area (Å²) in [7, 11) is 0. The van der Waals surface area contributed by atoms with Crippen molar-refractivity contribution in [3.05, 3.63) is 124 Å². The highest BCUT2D eigenvalue weighted by Gasteiger charge is 2.38. The number of carboxylic acid groups (broad SMARTS) is 1. The molecule has 0 aliphatic carbocycles. The van der Waals surface area contributed by atoms with E-state index in [0.29, 0.717) is 21.8 Å². The summed E-state index contributed by atoms with van der Waals surface area (Å²) < 4.78 is 11.7. The van der Waals surface area contributed by atoms with E-state index in [4.69, 9.17) is 21.1 Å². The quantitative estimate of drug-likeness (QED) is 0.209. The molecule has 0 saturated carbocycles. The first-order chi connectivity index (χ1) is 21.5. The molecule has 232 valence electrons. The average molecular weight is 627 g/mol. The number of benzene rings is 4. The Bertz CT molecular complexity index is 1680. The van der Waals surface area contributed by atoms with E-state index in [2.05, 4.69) is 5.32 Å². The number of hydrogen-bond acceptors (Lipinski definition) is 5. The van der Waals surface area contributed by atoms with Crippen LogP contribution in [0, 0.1) is 0 Å². The molecular weight excluding hydrogens is 592 g/mol. The minimum Gasteiger partial charge on any atom is -0.481 e. The fraction of sp³-hybridized carbons (Fsp3) is 0.250. The van der Waals surface area contributed by atoms with Crippen LogP contribution in [0.3, 0.4) is 0 Å². The van der Waals surface area contributed by atoms with Crippen molar-refractivity contribution in [2.45, 2.75) is 58.1 Å². The van der Waals surface area contributed by atoms with Crippen LogP contribution in [0.5, 0.6) is 0 Å². The maximum Gasteiger partial charge on any atom is 0.407 e. The molecule has 2 atom stereocenters. The smallest absolute Gasteiger partial charge is 0.407 e. The Labute approximate surface area is 267 Å². The molecule has 4 aromatic rings. The van der Waals surface area contributed by atoms with Gasteiger partial charge in [0.05, 0.1) is 18.7 Å². The van der Waals surface area contributed by atoms with E-state index < -0.39 is 42.2 Å². The molecule has 0 radical (unpaired) electrons. The number of aliphatic carboxylic acids is 1. The Morgan fingerprint density at radius 2 is 1.62 bits per heavy atom. The van der Waals surface area contributed by atoms with Crippen molar-refractivity contribution in [2.75, 3.05) is 4.90 Å². The van der Waals surface area contributed by atoms with Crippen LogP contribution in [-0.4, -0.2) is 34.8 Å². The number of hydrogen-bond donors (Lipinski definition) is 2. The number of carbonyl (C=O) groups excluding carboxylic acids is 2. The minimum atomic E-state index is -1.26. The lowest BCUT2D eigenvalue weighted by molar-refractivity contribution is -0.146. The first-order valence-electron chi connectivity index (χ1n) is 14.6. The lowest BCUT2D eigenvalue weighted by atomic mass is 9.97. The highest BCUT2D eigenvalue weighted by Crippen LogP contribution is 2.41. The summed E-state index contributed by atoms with van der Waals surface area (Å²) >= 11 is 6.47. The molecule has 4 aromatic carbocycles. The lowest BCUT2D eigenvalue weighted by Crippen LogP contribution is -2.40. The zero-order valence-electron chi connectivity index (χ0n) is 25.3. The van der Waals surface area contributed by atoms with Crippen LogP contribution in [0.25, 0.3) is 11.1 Å². The SMILES string of the molecule is CC(C)(C)OC(=O)NCc1cccc(C2OC(CC(=O)O)C(=O)N(Cc3ccc(-c4ccccc4)cc3)c3cc(Cl)ccc32)c1. The zero-order chi connectivity index (χ0) is 32.1. The maximum absolute atomic E-state index is 14.0. The Morgan fingerprint density at radius 3 is 2.31 bits per heavy atom. The van der Waals surface area contributed by atoms with Crippen molar-refractivity contribution in [3.8, 4) is 11.1 Å². The van der Waals surface area contributed by atoms with Gasteiger partial charge in [0.15, 0.2) is 0 Å². The molecule has 0 saturated heterocycles. The van der Waals surface area contributed by atoms with Crippen LogP contribution < -0.4 is 10.2 Å². The standard InChI is InChI=1S/C36H35ClN2O6/c1-36(2,3)45-35(43)38-21-24-8-7-11-27(18-24)33-29-17-16-28(37)19-30(29)39(34(42)31(44-33)20-32(40)41)22-23-12-14-26(15-13-23)25-9-5-4-6-10-25/h4-19,31,33H,20-22H2,1-3H3,(H,38,43)(H,40,41). The van der Waals surface area contributed by atoms with Gasteiger partial charge in [-0.2, -0.15) is 0 Å². The molecule has 9 heteroatoms. The number of fused-ring (bicyclic) bond motifs is 1. The molecule has 0 spiro atoms. The van der Waals surface area contributed by atoms with E-state index in [1.807, 2.05) is 78.9 Å². The Morgan fingerprint density at radius 1 is 0.911 bits per heavy atom. The number of alkyl carbamates (subject to hydrolysis) is 1. The van der Waals surface area contributed by atoms with Gasteiger partial charge in [-0.1, -0.05) is 96.5 Å². The largest absolute Gasteiger partial charge is 0.481 e. The summed E-state index contributed by atoms with van der Waals surface area (Å²) in [6.45, 7) is 5.76. The number of rotatable bonds is 8. The number of carboxylic acids is 1. The average Bonchev–Trinajstić information content (AvgIpc) is 3.10. The number of anilines is 1. The number of carbonyl (C=O) groups is 3. The van der Waals surface area contributed by atoms with Crippen molar-refractivity contribution in [3.63, 3.8) is 0 Å². The minimum absolute atomic E-state index is 0.188. The first kappa shape index (κ1) is 31.8. The third-order valence-corrected chi connectivity index (χ3v) is 7.49. The van der Waals surface area contributed by atoms with E-state index in [1.54, 1.807) is 43.9 Å². The van der Waals surface area contributed by atoms with Crippen molar-refractivity contribution in [1.29, 1.82) is 0 Å². The molecule has 5 rings (SSSR count). The van der Waals surface area contributed by atoms with Crippen LogP contribution in [0.1, 0.15) is 55.5 Å². The Balaban J connectivity index is 1.48. The van der Waals surface area contributed by atoms with Crippen LogP contribution in [-0.2, 0) is 32.2 Å². The third kappa shape index (κ3) is 8.09. The van der Waals surface area contributed by atoms with Gasteiger partial charge in [-0.25, -0.2) is 4.79 Å². The molecule has 45 heavy (non-hydrogen) atoms. The van der Waals surface area contributed by atoms with E-state index >= 15 is 0 Å². The summed E-state index contributed by atoms with van der Waals surface area (Å²) in [6.07, 6.45) is -3.10. The summed E-state index contributed by atoms with van der Waals surface area (Å²) in [5.41, 5.74) is 5.02. The van der Waals surface area contributed by atoms with Gasteiger partial charge in [-0.3, -0.25) is 9.59 Å². The van der Waals surface area contributed by atoms with Crippen LogP contribution >= 0.6 is 11.6 Å². The van der Waals surface area contributed by atoms with E-state index in [-0.39, 0.29) is 13.1 Å². The molecule has 0 aromatic heterocycles. The molecule has 2 amide bonds. The van der Waals surface area contributed by atoms with Gasteiger partial charge >= 0.3 is 12.1 Å². The normalized spacial score (nSPS) is 16.4. The van der Waals surface area contributed by atoms with Crippen molar-refractivity contribution in [1.82, 2.24) is 5.32 Å². The molecule has 0 fully saturated rings. The predicted octanol–water partition coefficient (Wildman–Crippen LogP) is 7.53. The topological polar surface area (TPSA) is 105 Å². The predicted molar refractivity (Wildman–Crippen MR) is 173 cm³/mol. The molecule has 2 N–H and O–H groups in total. The van der Waals surface area contributed by atoms with Crippen LogP contribution in [0.2, 0.25) is 5.02 Å². The van der Waals surface area contributed by atoms with Gasteiger partial charge in [0, 0.05) is 17.1 Å². The Hall–Kier alpha value is -4.66. The van der Waals surface area contributed by atoms with Gasteiger partial charge in [0.25, 0.3) is 5.91 Å². The zero-order valence-corrected chi connectivity index (χ0v) is 26.1. The van der Waals surface area contributed by atoms with Crippen molar-refractivity contribution < 1.29 is 29.0 Å². The summed E-state index contributed by atoms with van der Waals surface area (Å²) in [6, 6.07) is 30.5. The molecule has 1 heterocycles. The molecular formula is C36H35ClN2O6. The second-order valence-corrected chi connectivity index (χ2v) is 12.3. The number of amides is 2. The number of nitrogens with one attached hydrogen (secondary N) is 1. The van der Waals surface area contributed by atoms with Gasteiger partial charge in [-0.15, -0.1) is 0 Å². The monoisotopic (exact) mass is 626 g/mol. The summed E-state index contributed by atoms with van der Waals surface area (Å²) in [4.78, 5) is 39.7. The molecule has 0 bridgehead atoms. The van der Waals surface area contributed by atoms with Gasteiger partial charge in [-0.05, 0) is 60.7 Å². The number of halogens is 1. The van der Waals surface area contributed by atoms with Gasteiger partial charge < -0.3 is 24.8 Å². The maximum atomic E-state index is 14.0. The Kier molecular flexibility index (Phi) is 9.56. The molecule has 2 unspecified atom stereocenters. The van der Waals surface area contributed by atoms with Crippen molar-refractivity contribution >= 4 is 35.3 Å². The molecule has 8 nitrogen and oxygen atoms in total. The summed E-state index contributed by atoms with van der Waals surface area (Å²) in [5.74, 6) is -1.63. The van der Waals surface area contributed by atoms with Gasteiger partial charge in [0.2, 0.25) is 0 Å². The second-order valence-electron chi connectivity index (χ2n) is 11.9. The summed E-state index contributed by atoms with van der Waals surface area (Å²) in [5, 5.41) is 12.9. The van der Waals surface area contributed by atoms with Crippen LogP contribution in [0.15, 0.2) is 97.1 Å². The highest BCUT2D eigenvalue weighted by molar-refractivity contribution is 6.31. The molecule has 1 aliphatic heterocycles. The van der Waals surface area contributed by atoms with Crippen molar-refractivity contribution in [2.24, 2.45) is 0 Å². The lowest BCUT2D eigenvalue weighted by Gasteiger charge is -2.25. The van der Waals surface area contributed by atoms with E-state index in [0.717, 1.165) is 22.3 Å². The third-order valence-electron chi connectivity index (χ3n) is 7.26. The fourth-order valence-corrected chi connectivity index (χ4v) is 5.41. The molecule has 1 aliphatic rings. The fourth-order valence-electron chi connectivity index (χ4n) is 5.25. The number of nitrogens with zero attached hydrogens (tertiary/aromatic N) is 1. The second kappa shape index (κ2) is 13.5. The highest BCUT2D eigenvalue weighted by atomic mass is 35.5. The van der Waals surface area contributed by atoms with E-state index in [9.17, 15) is 19.5 Å². The first-order valence-corrected chi connectivity index (χ1v) is 15.0.